The summed E-state index contributed by atoms with van der Waals surface area (Å²) in [5.41, 5.74) is 0.836. The third kappa shape index (κ3) is 4.95. The van der Waals surface area contributed by atoms with Crippen LogP contribution in [-0.4, -0.2) is 49.4 Å². The smallest absolute Gasteiger partial charge is 0.247 e. The largest absolute Gasteiger partial charge is 0.497 e. The molecule has 0 unspecified atom stereocenters. The van der Waals surface area contributed by atoms with Crippen LogP contribution in [0.15, 0.2) is 33.8 Å². The Balaban J connectivity index is 1.45. The summed E-state index contributed by atoms with van der Waals surface area (Å²) in [6.45, 7) is 6.06. The minimum Gasteiger partial charge on any atom is -0.497 e. The fraction of sp³-hybridized carbons (Fsp3) is 0.500. The molecule has 0 bridgehead atoms. The van der Waals surface area contributed by atoms with E-state index < -0.39 is 0 Å². The normalized spacial score (nSPS) is 15.6. The Morgan fingerprint density at radius 2 is 1.94 bits per heavy atom. The molecule has 1 atom stereocenters. The van der Waals surface area contributed by atoms with Crippen molar-refractivity contribution >= 4 is 17.7 Å². The van der Waals surface area contributed by atoms with Crippen LogP contribution in [0.5, 0.6) is 5.75 Å². The van der Waals surface area contributed by atoms with E-state index in [1.54, 1.807) is 7.11 Å². The predicted octanol–water partition coefficient (Wildman–Crippen LogP) is 4.11. The van der Waals surface area contributed by atoms with E-state index in [1.165, 1.54) is 11.8 Å². The molecule has 9 nitrogen and oxygen atoms in total. The van der Waals surface area contributed by atoms with E-state index in [9.17, 15) is 4.79 Å². The summed E-state index contributed by atoms with van der Waals surface area (Å²) in [7, 11) is 1.63. The molecule has 0 spiro atoms. The molecule has 1 aromatic carbocycles. The summed E-state index contributed by atoms with van der Waals surface area (Å²) in [6, 6.07) is 7.49. The molecule has 10 heteroatoms. The third-order valence-electron chi connectivity index (χ3n) is 5.52. The Hall–Kier alpha value is -2.88. The molecule has 0 N–H and O–H groups in total. The zero-order valence-corrected chi connectivity index (χ0v) is 19.5. The summed E-state index contributed by atoms with van der Waals surface area (Å²) in [4.78, 5) is 14.3. The van der Waals surface area contributed by atoms with Crippen LogP contribution in [0.2, 0.25) is 0 Å². The maximum atomic E-state index is 12.4. The van der Waals surface area contributed by atoms with Crippen LogP contribution in [0, 0.1) is 0 Å². The van der Waals surface area contributed by atoms with E-state index in [0.29, 0.717) is 24.7 Å². The van der Waals surface area contributed by atoms with Gasteiger partial charge < -0.3 is 18.6 Å². The SMILES string of the molecule is CCn1c(CN2CCCCCC2=O)nnc1S[C@@H](C)c1nnc(-c2ccc(OC)cc2)o1. The van der Waals surface area contributed by atoms with Gasteiger partial charge in [0.15, 0.2) is 11.0 Å². The van der Waals surface area contributed by atoms with Crippen molar-refractivity contribution in [2.24, 2.45) is 0 Å². The van der Waals surface area contributed by atoms with E-state index in [1.807, 2.05) is 36.1 Å². The highest BCUT2D eigenvalue weighted by Gasteiger charge is 2.23. The lowest BCUT2D eigenvalue weighted by Gasteiger charge is -2.20. The van der Waals surface area contributed by atoms with Crippen LogP contribution in [-0.2, 0) is 17.9 Å². The summed E-state index contributed by atoms with van der Waals surface area (Å²) in [6.07, 6.45) is 3.73. The number of hydrogen-bond acceptors (Lipinski definition) is 8. The first-order valence-electron chi connectivity index (χ1n) is 10.9. The van der Waals surface area contributed by atoms with Gasteiger partial charge in [-0.2, -0.15) is 0 Å². The molecule has 3 heterocycles. The number of carbonyl (C=O) groups is 1. The molecule has 170 valence electrons. The third-order valence-corrected chi connectivity index (χ3v) is 6.59. The molecule has 1 saturated heterocycles. The second-order valence-corrected chi connectivity index (χ2v) is 9.01. The highest BCUT2D eigenvalue weighted by atomic mass is 32.2. The number of hydrogen-bond donors (Lipinski definition) is 0. The van der Waals surface area contributed by atoms with Crippen molar-refractivity contribution in [2.75, 3.05) is 13.7 Å². The molecule has 1 aliphatic heterocycles. The fourth-order valence-electron chi connectivity index (χ4n) is 3.67. The van der Waals surface area contributed by atoms with Gasteiger partial charge in [0.2, 0.25) is 17.7 Å². The standard InChI is InChI=1S/C22H28N6O3S/c1-4-28-18(14-27-13-7-5-6-8-19(27)29)23-26-22(28)32-15(2)20-24-25-21(31-20)16-9-11-17(30-3)12-10-16/h9-12,15H,4-8,13-14H2,1-3H3/t15-/m0/s1. The molecule has 4 rings (SSSR count). The van der Waals surface area contributed by atoms with Gasteiger partial charge in [-0.15, -0.1) is 20.4 Å². The minimum atomic E-state index is -0.100. The van der Waals surface area contributed by atoms with Crippen LogP contribution < -0.4 is 4.74 Å². The first-order valence-corrected chi connectivity index (χ1v) is 11.8. The number of nitrogens with zero attached hydrogens (tertiary/aromatic N) is 6. The summed E-state index contributed by atoms with van der Waals surface area (Å²) < 4.78 is 13.2. The molecule has 3 aromatic rings. The lowest BCUT2D eigenvalue weighted by molar-refractivity contribution is -0.131. The molecule has 0 saturated carbocycles. The maximum Gasteiger partial charge on any atom is 0.247 e. The summed E-state index contributed by atoms with van der Waals surface area (Å²) in [5, 5.41) is 17.9. The van der Waals surface area contributed by atoms with E-state index >= 15 is 0 Å². The van der Waals surface area contributed by atoms with Crippen LogP contribution >= 0.6 is 11.8 Å². The minimum absolute atomic E-state index is 0.100. The number of methoxy groups -OCH3 is 1. The van der Waals surface area contributed by atoms with Gasteiger partial charge in [-0.1, -0.05) is 18.2 Å². The molecule has 1 fully saturated rings. The number of aromatic nitrogens is 5. The van der Waals surface area contributed by atoms with Crippen LogP contribution in [0.4, 0.5) is 0 Å². The second kappa shape index (κ2) is 10.2. The highest BCUT2D eigenvalue weighted by molar-refractivity contribution is 7.99. The lowest BCUT2D eigenvalue weighted by atomic mass is 10.2. The Morgan fingerprint density at radius 1 is 1.12 bits per heavy atom. The van der Waals surface area contributed by atoms with E-state index in [2.05, 4.69) is 31.9 Å². The molecule has 0 radical (unpaired) electrons. The van der Waals surface area contributed by atoms with Crippen molar-refractivity contribution < 1.29 is 13.9 Å². The van der Waals surface area contributed by atoms with Crippen LogP contribution in [0.1, 0.15) is 56.5 Å². The van der Waals surface area contributed by atoms with Crippen molar-refractivity contribution in [1.29, 1.82) is 0 Å². The number of carbonyl (C=O) groups excluding carboxylic acids is 1. The first kappa shape index (κ1) is 22.3. The Kier molecular flexibility index (Phi) is 7.09. The molecule has 1 aliphatic rings. The molecule has 0 aliphatic carbocycles. The average molecular weight is 457 g/mol. The topological polar surface area (TPSA) is 99.2 Å². The Bertz CT molecular complexity index is 1050. The number of thioether (sulfide) groups is 1. The lowest BCUT2D eigenvalue weighted by Crippen LogP contribution is -2.31. The number of amides is 1. The van der Waals surface area contributed by atoms with Crippen molar-refractivity contribution in [1.82, 2.24) is 29.9 Å². The van der Waals surface area contributed by atoms with Gasteiger partial charge in [-0.3, -0.25) is 4.79 Å². The van der Waals surface area contributed by atoms with Gasteiger partial charge in [-0.05, 0) is 51.0 Å². The quantitative estimate of drug-likeness (QED) is 0.467. The molecular weight excluding hydrogens is 428 g/mol. The summed E-state index contributed by atoms with van der Waals surface area (Å²) >= 11 is 1.52. The van der Waals surface area contributed by atoms with Crippen molar-refractivity contribution in [3.63, 3.8) is 0 Å². The van der Waals surface area contributed by atoms with Crippen molar-refractivity contribution in [3.05, 3.63) is 36.0 Å². The average Bonchev–Trinajstić information content (AvgIpc) is 3.40. The molecule has 2 aromatic heterocycles. The maximum absolute atomic E-state index is 12.4. The van der Waals surface area contributed by atoms with Gasteiger partial charge in [0, 0.05) is 25.1 Å². The van der Waals surface area contributed by atoms with E-state index in [-0.39, 0.29) is 11.2 Å². The summed E-state index contributed by atoms with van der Waals surface area (Å²) in [5.74, 6) is 2.77. The first-order chi connectivity index (χ1) is 15.6. The van der Waals surface area contributed by atoms with Crippen LogP contribution in [0.25, 0.3) is 11.5 Å². The molecular formula is C22H28N6O3S. The van der Waals surface area contributed by atoms with Gasteiger partial charge in [0.1, 0.15) is 5.75 Å². The second-order valence-electron chi connectivity index (χ2n) is 7.70. The Morgan fingerprint density at radius 3 is 2.69 bits per heavy atom. The van der Waals surface area contributed by atoms with Gasteiger partial charge in [0.25, 0.3) is 0 Å². The van der Waals surface area contributed by atoms with Crippen molar-refractivity contribution in [2.45, 2.75) is 63.0 Å². The van der Waals surface area contributed by atoms with E-state index in [0.717, 1.165) is 54.6 Å². The zero-order chi connectivity index (χ0) is 22.5. The van der Waals surface area contributed by atoms with Gasteiger partial charge in [0.05, 0.1) is 18.9 Å². The predicted molar refractivity (Wildman–Crippen MR) is 120 cm³/mol. The van der Waals surface area contributed by atoms with Crippen LogP contribution in [0.3, 0.4) is 0 Å². The highest BCUT2D eigenvalue weighted by Crippen LogP contribution is 2.35. The fourth-order valence-corrected chi connectivity index (χ4v) is 4.64. The Labute approximate surface area is 191 Å². The van der Waals surface area contributed by atoms with E-state index in [4.69, 9.17) is 9.15 Å². The number of benzene rings is 1. The molecule has 32 heavy (non-hydrogen) atoms. The number of ether oxygens (including phenoxy) is 1. The number of likely N-dealkylation sites (tertiary alicyclic amines) is 1. The van der Waals surface area contributed by atoms with Gasteiger partial charge in [-0.25, -0.2) is 0 Å². The number of rotatable bonds is 8. The monoisotopic (exact) mass is 456 g/mol. The van der Waals surface area contributed by atoms with Crippen molar-refractivity contribution in [3.8, 4) is 17.2 Å². The zero-order valence-electron chi connectivity index (χ0n) is 18.7. The molecule has 1 amide bonds. The van der Waals surface area contributed by atoms with Gasteiger partial charge >= 0.3 is 0 Å².